The Labute approximate surface area is 229 Å². The van der Waals surface area contributed by atoms with Crippen LogP contribution in [0.4, 0.5) is 31.5 Å². The average molecular weight is 592 g/mol. The number of hydrogen-bond acceptors (Lipinski definition) is 8. The predicted octanol–water partition coefficient (Wildman–Crippen LogP) is 5.66. The number of carbonyl (C=O) groups excluding carboxylic acids is 1. The number of methoxy groups -OCH3 is 1. The second kappa shape index (κ2) is 10.6. The van der Waals surface area contributed by atoms with E-state index in [0.29, 0.717) is 0 Å². The highest BCUT2D eigenvalue weighted by atomic mass is 32.1. The van der Waals surface area contributed by atoms with Gasteiger partial charge in [0.05, 0.1) is 29.1 Å². The molecule has 0 aliphatic rings. The zero-order chi connectivity index (χ0) is 29.5. The van der Waals surface area contributed by atoms with E-state index >= 15 is 0 Å². The maximum Gasteiger partial charge on any atom is 0.433 e. The molecule has 0 atom stereocenters. The Morgan fingerprint density at radius 1 is 1.07 bits per heavy atom. The molecule has 0 radical (unpaired) electrons. The summed E-state index contributed by atoms with van der Waals surface area (Å²) in [6.07, 6.45) is -3.45. The van der Waals surface area contributed by atoms with E-state index < -0.39 is 41.3 Å². The van der Waals surface area contributed by atoms with Gasteiger partial charge < -0.3 is 4.74 Å². The summed E-state index contributed by atoms with van der Waals surface area (Å²) < 4.78 is 86.5. The number of nitrogens with zero attached hydrogens (tertiary/aromatic N) is 5. The zero-order valence-electron chi connectivity index (χ0n) is 20.4. The highest BCUT2D eigenvalue weighted by molar-refractivity contribution is 7.22. The van der Waals surface area contributed by atoms with Gasteiger partial charge in [-0.2, -0.15) is 13.2 Å². The largest absolute Gasteiger partial charge is 0.494 e. The fourth-order valence-corrected chi connectivity index (χ4v) is 4.60. The maximum atomic E-state index is 14.0. The molecule has 41 heavy (non-hydrogen) atoms. The van der Waals surface area contributed by atoms with Crippen LogP contribution in [0.25, 0.3) is 27.2 Å². The van der Waals surface area contributed by atoms with Crippen LogP contribution in [0.2, 0.25) is 0 Å². The van der Waals surface area contributed by atoms with E-state index in [1.807, 2.05) is 0 Å². The molecule has 5 aromatic rings. The Morgan fingerprint density at radius 2 is 1.85 bits per heavy atom. The summed E-state index contributed by atoms with van der Waals surface area (Å²) in [5.74, 6) is -2.12. The molecule has 0 fully saturated rings. The number of nitrogens with one attached hydrogen (secondary N) is 1. The minimum Gasteiger partial charge on any atom is -0.494 e. The van der Waals surface area contributed by atoms with E-state index in [4.69, 9.17) is 4.74 Å². The Balaban J connectivity index is 1.62. The van der Waals surface area contributed by atoms with Crippen LogP contribution in [0.5, 0.6) is 5.75 Å². The van der Waals surface area contributed by atoms with Crippen LogP contribution in [0.1, 0.15) is 28.2 Å². The van der Waals surface area contributed by atoms with Gasteiger partial charge in [-0.1, -0.05) is 11.3 Å². The molecule has 1 N–H and O–H groups in total. The third-order valence-corrected chi connectivity index (χ3v) is 6.61. The van der Waals surface area contributed by atoms with Crippen molar-refractivity contribution in [3.8, 4) is 22.7 Å². The molecule has 0 unspecified atom stereocenters. The third kappa shape index (κ3) is 5.45. The first-order valence-corrected chi connectivity index (χ1v) is 12.1. The van der Waals surface area contributed by atoms with Crippen molar-refractivity contribution in [2.45, 2.75) is 12.6 Å². The molecule has 0 spiro atoms. The predicted molar refractivity (Wildman–Crippen MR) is 135 cm³/mol. The lowest BCUT2D eigenvalue weighted by atomic mass is 10.00. The number of alkyl halides is 5. The summed E-state index contributed by atoms with van der Waals surface area (Å²) in [5, 5.41) is 2.37. The molecule has 0 saturated heterocycles. The van der Waals surface area contributed by atoms with E-state index in [2.05, 4.69) is 25.3 Å². The van der Waals surface area contributed by atoms with Crippen LogP contribution < -0.4 is 15.6 Å². The fourth-order valence-electron chi connectivity index (χ4n) is 3.79. The number of aromatic nitrogens is 5. The Morgan fingerprint density at radius 3 is 2.56 bits per heavy atom. The lowest BCUT2D eigenvalue weighted by Crippen LogP contribution is -2.22. The van der Waals surface area contributed by atoms with E-state index in [9.17, 15) is 35.9 Å². The van der Waals surface area contributed by atoms with Crippen molar-refractivity contribution in [1.29, 1.82) is 0 Å². The highest BCUT2D eigenvalue weighted by Gasteiger charge is 2.33. The summed E-state index contributed by atoms with van der Waals surface area (Å²) in [6, 6.07) is 5.09. The standard InChI is InChI=1S/C25H14F6N6O3S/c1-40-17-9-32-16(21(27)28)5-12(17)11-6-20(37-4-2-3-14(26)23(37)39)34-8-13(11)22(38)36-24-35-15-7-19(25(29,30)31)33-10-18(15)41-24/h2-10,21H,1H3,(H,35,36,38). The molecule has 0 aliphatic heterocycles. The molecule has 16 heteroatoms. The molecule has 0 bridgehead atoms. The second-order valence-electron chi connectivity index (χ2n) is 8.24. The van der Waals surface area contributed by atoms with Crippen LogP contribution in [-0.2, 0) is 6.18 Å². The summed E-state index contributed by atoms with van der Waals surface area (Å²) in [7, 11) is 1.24. The molecule has 5 heterocycles. The molecule has 210 valence electrons. The lowest BCUT2D eigenvalue weighted by molar-refractivity contribution is -0.141. The van der Waals surface area contributed by atoms with Crippen molar-refractivity contribution in [2.75, 3.05) is 12.4 Å². The van der Waals surface area contributed by atoms with Crippen LogP contribution in [0.3, 0.4) is 0 Å². The maximum absolute atomic E-state index is 14.0. The molecular formula is C25H14F6N6O3S. The van der Waals surface area contributed by atoms with Crippen molar-refractivity contribution >= 4 is 32.6 Å². The molecule has 5 aromatic heterocycles. The number of anilines is 1. The van der Waals surface area contributed by atoms with Gasteiger partial charge in [-0.15, -0.1) is 0 Å². The van der Waals surface area contributed by atoms with Crippen molar-refractivity contribution in [3.63, 3.8) is 0 Å². The van der Waals surface area contributed by atoms with Crippen molar-refractivity contribution in [2.24, 2.45) is 0 Å². The number of amides is 1. The number of fused-ring (bicyclic) bond motifs is 1. The molecule has 1 amide bonds. The van der Waals surface area contributed by atoms with Gasteiger partial charge in [0.1, 0.15) is 23.0 Å². The quantitative estimate of drug-likeness (QED) is 0.254. The zero-order valence-corrected chi connectivity index (χ0v) is 21.2. The van der Waals surface area contributed by atoms with Crippen LogP contribution >= 0.6 is 11.3 Å². The number of thiazole rings is 1. The first-order valence-electron chi connectivity index (χ1n) is 11.3. The highest BCUT2D eigenvalue weighted by Crippen LogP contribution is 2.36. The molecule has 0 saturated carbocycles. The van der Waals surface area contributed by atoms with Crippen LogP contribution in [0, 0.1) is 5.82 Å². The summed E-state index contributed by atoms with van der Waals surface area (Å²) in [5.41, 5.74) is -3.22. The average Bonchev–Trinajstić information content (AvgIpc) is 3.35. The van der Waals surface area contributed by atoms with Gasteiger partial charge >= 0.3 is 6.18 Å². The van der Waals surface area contributed by atoms with Gasteiger partial charge in [-0.05, 0) is 30.3 Å². The van der Waals surface area contributed by atoms with E-state index in [0.717, 1.165) is 52.7 Å². The molecule has 5 rings (SSSR count). The summed E-state index contributed by atoms with van der Waals surface area (Å²) in [4.78, 5) is 40.8. The third-order valence-electron chi connectivity index (χ3n) is 5.69. The fraction of sp³-hybridized carbons (Fsp3) is 0.120. The van der Waals surface area contributed by atoms with Gasteiger partial charge in [0.15, 0.2) is 10.9 Å². The Kier molecular flexibility index (Phi) is 7.17. The number of hydrogen-bond donors (Lipinski definition) is 1. The molecule has 0 aromatic carbocycles. The molecule has 9 nitrogen and oxygen atoms in total. The van der Waals surface area contributed by atoms with Gasteiger partial charge in [-0.25, -0.2) is 23.1 Å². The first kappa shape index (κ1) is 27.7. The normalized spacial score (nSPS) is 11.7. The van der Waals surface area contributed by atoms with Crippen molar-refractivity contribution < 1.29 is 35.9 Å². The van der Waals surface area contributed by atoms with Gasteiger partial charge in [0.25, 0.3) is 17.9 Å². The van der Waals surface area contributed by atoms with E-state index in [-0.39, 0.29) is 43.6 Å². The van der Waals surface area contributed by atoms with Crippen molar-refractivity contribution in [3.05, 3.63) is 88.2 Å². The smallest absolute Gasteiger partial charge is 0.433 e. The van der Waals surface area contributed by atoms with Crippen molar-refractivity contribution in [1.82, 2.24) is 24.5 Å². The number of pyridine rings is 4. The van der Waals surface area contributed by atoms with E-state index in [1.165, 1.54) is 25.4 Å². The summed E-state index contributed by atoms with van der Waals surface area (Å²) in [6.45, 7) is 0. The number of ether oxygens (including phenoxy) is 1. The molecular weight excluding hydrogens is 578 g/mol. The number of carbonyl (C=O) groups is 1. The van der Waals surface area contributed by atoms with Gasteiger partial charge in [-0.3, -0.25) is 29.4 Å². The Bertz CT molecular complexity index is 1860. The van der Waals surface area contributed by atoms with E-state index in [1.54, 1.807) is 0 Å². The first-order chi connectivity index (χ1) is 19.5. The van der Waals surface area contributed by atoms with Gasteiger partial charge in [0, 0.05) is 29.7 Å². The minimum absolute atomic E-state index is 0.0158. The summed E-state index contributed by atoms with van der Waals surface area (Å²) >= 11 is 0.845. The van der Waals surface area contributed by atoms with Crippen LogP contribution in [-0.4, -0.2) is 37.5 Å². The number of halogens is 6. The van der Waals surface area contributed by atoms with Gasteiger partial charge in [0.2, 0.25) is 0 Å². The lowest BCUT2D eigenvalue weighted by Gasteiger charge is -2.15. The SMILES string of the molecule is COc1cnc(C(F)F)cc1-c1cc(-n2cccc(F)c2=O)ncc1C(=O)Nc1nc2cc(C(F)(F)F)ncc2s1. The minimum atomic E-state index is -4.70. The monoisotopic (exact) mass is 592 g/mol. The van der Waals surface area contributed by atoms with Crippen LogP contribution in [0.15, 0.2) is 59.9 Å². The topological polar surface area (TPSA) is 112 Å². The second-order valence-corrected chi connectivity index (χ2v) is 9.27. The molecule has 0 aliphatic carbocycles. The number of rotatable bonds is 6. The Hall–Kier alpha value is -4.86.